The lowest BCUT2D eigenvalue weighted by molar-refractivity contribution is 0.00578. The van der Waals surface area contributed by atoms with Crippen molar-refractivity contribution in [1.29, 1.82) is 0 Å². The highest BCUT2D eigenvalue weighted by Crippen LogP contribution is 2.36. The fourth-order valence-corrected chi connectivity index (χ4v) is 1.70. The highest BCUT2D eigenvalue weighted by molar-refractivity contribution is 6.52. The van der Waals surface area contributed by atoms with Crippen molar-refractivity contribution in [2.45, 2.75) is 38.9 Å². The Bertz CT molecular complexity index is 501. The molecule has 2 N–H and O–H groups in total. The summed E-state index contributed by atoms with van der Waals surface area (Å²) in [5.74, 6) is 1.05. The minimum absolute atomic E-state index is 0.0350. The first-order valence-electron chi connectivity index (χ1n) is 6.17. The molecule has 1 saturated heterocycles. The summed E-state index contributed by atoms with van der Waals surface area (Å²) >= 11 is 0. The first-order valence-corrected chi connectivity index (χ1v) is 6.17. The van der Waals surface area contributed by atoms with E-state index in [4.69, 9.17) is 15.0 Å². The largest absolute Gasteiger partial charge is 0.487 e. The van der Waals surface area contributed by atoms with Crippen LogP contribution < -0.4 is 5.73 Å². The van der Waals surface area contributed by atoms with Crippen LogP contribution in [0.4, 0.5) is 10.1 Å². The Balaban J connectivity index is 2.10. The van der Waals surface area contributed by atoms with Crippen molar-refractivity contribution < 1.29 is 13.7 Å². The van der Waals surface area contributed by atoms with Crippen molar-refractivity contribution in [2.24, 2.45) is 0 Å². The standard InChI is InChI=1S/C13H18BFN2O2/c1-12(2)13(3,4)19-14(18-12)8-7-9-5-6-10(16)11(15)17-9/h5-8H,16H2,1-4H3/b8-7+. The SMILES string of the molecule is CC1(C)OB(/C=C/c2ccc(N)c(F)n2)OC1(C)C. The van der Waals surface area contributed by atoms with Gasteiger partial charge in [0.15, 0.2) is 0 Å². The molecule has 6 heteroatoms. The minimum Gasteiger partial charge on any atom is -0.400 e. The number of nitrogens with zero attached hydrogens (tertiary/aromatic N) is 1. The second-order valence-electron chi connectivity index (χ2n) is 5.60. The predicted octanol–water partition coefficient (Wildman–Crippen LogP) is 2.45. The van der Waals surface area contributed by atoms with Gasteiger partial charge in [0.25, 0.3) is 0 Å². The number of rotatable bonds is 2. The highest BCUT2D eigenvalue weighted by atomic mass is 19.1. The molecule has 2 rings (SSSR count). The normalized spacial score (nSPS) is 21.2. The summed E-state index contributed by atoms with van der Waals surface area (Å²) in [6.45, 7) is 7.90. The number of pyridine rings is 1. The van der Waals surface area contributed by atoms with E-state index in [-0.39, 0.29) is 16.9 Å². The molecule has 0 aliphatic carbocycles. The van der Waals surface area contributed by atoms with E-state index in [1.165, 1.54) is 6.07 Å². The molecule has 0 amide bonds. The zero-order valence-corrected chi connectivity index (χ0v) is 11.6. The van der Waals surface area contributed by atoms with Gasteiger partial charge in [-0.05, 0) is 45.9 Å². The maximum atomic E-state index is 13.2. The summed E-state index contributed by atoms with van der Waals surface area (Å²) in [4.78, 5) is 3.72. The lowest BCUT2D eigenvalue weighted by Crippen LogP contribution is -2.41. The molecule has 1 aromatic rings. The molecule has 0 spiro atoms. The summed E-state index contributed by atoms with van der Waals surface area (Å²) < 4.78 is 24.8. The molecule has 1 aliphatic rings. The fraction of sp³-hybridized carbons (Fsp3) is 0.462. The molecule has 1 aromatic heterocycles. The average Bonchev–Trinajstić information content (AvgIpc) is 2.49. The average molecular weight is 264 g/mol. The van der Waals surface area contributed by atoms with Crippen molar-refractivity contribution in [3.05, 3.63) is 29.7 Å². The van der Waals surface area contributed by atoms with E-state index in [0.717, 1.165) is 0 Å². The number of nitrogen functional groups attached to an aromatic ring is 1. The van der Waals surface area contributed by atoms with Crippen molar-refractivity contribution in [3.63, 3.8) is 0 Å². The summed E-state index contributed by atoms with van der Waals surface area (Å²) in [6, 6.07) is 3.12. The number of anilines is 1. The van der Waals surface area contributed by atoms with Crippen molar-refractivity contribution in [3.8, 4) is 0 Å². The third kappa shape index (κ3) is 2.79. The van der Waals surface area contributed by atoms with Crippen LogP contribution in [0.25, 0.3) is 6.08 Å². The van der Waals surface area contributed by atoms with Gasteiger partial charge in [0.2, 0.25) is 5.95 Å². The van der Waals surface area contributed by atoms with Gasteiger partial charge >= 0.3 is 7.12 Å². The molecule has 0 saturated carbocycles. The van der Waals surface area contributed by atoms with E-state index in [1.54, 1.807) is 18.1 Å². The van der Waals surface area contributed by atoms with E-state index in [9.17, 15) is 4.39 Å². The molecule has 1 fully saturated rings. The molecule has 0 unspecified atom stereocenters. The molecule has 2 heterocycles. The second-order valence-corrected chi connectivity index (χ2v) is 5.60. The van der Waals surface area contributed by atoms with Crippen molar-refractivity contribution >= 4 is 18.9 Å². The number of hydrogen-bond acceptors (Lipinski definition) is 4. The van der Waals surface area contributed by atoms with Crippen LogP contribution in [0.5, 0.6) is 0 Å². The molecule has 0 radical (unpaired) electrons. The maximum Gasteiger partial charge on any atom is 0.487 e. The monoisotopic (exact) mass is 264 g/mol. The van der Waals surface area contributed by atoms with E-state index in [2.05, 4.69) is 4.98 Å². The third-order valence-electron chi connectivity index (χ3n) is 3.59. The zero-order valence-electron chi connectivity index (χ0n) is 11.6. The van der Waals surface area contributed by atoms with Crippen LogP contribution in [0.2, 0.25) is 0 Å². The quantitative estimate of drug-likeness (QED) is 0.658. The predicted molar refractivity (Wildman–Crippen MR) is 73.7 cm³/mol. The fourth-order valence-electron chi connectivity index (χ4n) is 1.70. The first-order chi connectivity index (χ1) is 8.71. The van der Waals surface area contributed by atoms with E-state index >= 15 is 0 Å². The van der Waals surface area contributed by atoms with Gasteiger partial charge in [0, 0.05) is 0 Å². The Morgan fingerprint density at radius 3 is 2.32 bits per heavy atom. The summed E-state index contributed by atoms with van der Waals surface area (Å²) in [5.41, 5.74) is 5.10. The maximum absolute atomic E-state index is 13.2. The van der Waals surface area contributed by atoms with Crippen LogP contribution in [0.3, 0.4) is 0 Å². The number of aromatic nitrogens is 1. The summed E-state index contributed by atoms with van der Waals surface area (Å²) in [6.07, 6.45) is 1.66. The van der Waals surface area contributed by atoms with E-state index in [1.807, 2.05) is 27.7 Å². The van der Waals surface area contributed by atoms with Gasteiger partial charge in [0.1, 0.15) is 0 Å². The van der Waals surface area contributed by atoms with Crippen LogP contribution >= 0.6 is 0 Å². The Morgan fingerprint density at radius 1 is 1.21 bits per heavy atom. The molecule has 102 valence electrons. The van der Waals surface area contributed by atoms with Gasteiger partial charge in [0.05, 0.1) is 22.6 Å². The Labute approximate surface area is 113 Å². The number of hydrogen-bond donors (Lipinski definition) is 1. The minimum atomic E-state index is -0.670. The van der Waals surface area contributed by atoms with Crippen LogP contribution in [-0.4, -0.2) is 23.3 Å². The molecule has 0 aromatic carbocycles. The second kappa shape index (κ2) is 4.61. The summed E-state index contributed by atoms with van der Waals surface area (Å²) in [7, 11) is -0.465. The molecule has 1 aliphatic heterocycles. The van der Waals surface area contributed by atoms with Gasteiger partial charge in [-0.2, -0.15) is 4.39 Å². The van der Waals surface area contributed by atoms with Crippen molar-refractivity contribution in [1.82, 2.24) is 4.98 Å². The third-order valence-corrected chi connectivity index (χ3v) is 3.59. The molecular formula is C13H18BFN2O2. The van der Waals surface area contributed by atoms with Crippen molar-refractivity contribution in [2.75, 3.05) is 5.73 Å². The summed E-state index contributed by atoms with van der Waals surface area (Å²) in [5, 5.41) is 0. The van der Waals surface area contributed by atoms with Gasteiger partial charge in [-0.25, -0.2) is 4.98 Å². The van der Waals surface area contributed by atoms with E-state index < -0.39 is 13.1 Å². The van der Waals surface area contributed by atoms with Gasteiger partial charge < -0.3 is 15.0 Å². The zero-order chi connectivity index (χ0) is 14.3. The molecular weight excluding hydrogens is 246 g/mol. The van der Waals surface area contributed by atoms with Gasteiger partial charge in [-0.3, -0.25) is 0 Å². The molecule has 0 atom stereocenters. The van der Waals surface area contributed by atoms with E-state index in [0.29, 0.717) is 5.69 Å². The van der Waals surface area contributed by atoms with Crippen LogP contribution in [0.15, 0.2) is 18.1 Å². The Kier molecular flexibility index (Phi) is 3.41. The van der Waals surface area contributed by atoms with Crippen LogP contribution in [-0.2, 0) is 9.31 Å². The Hall–Kier alpha value is -1.40. The van der Waals surface area contributed by atoms with Crippen LogP contribution in [0.1, 0.15) is 33.4 Å². The topological polar surface area (TPSA) is 57.4 Å². The molecule has 0 bridgehead atoms. The lowest BCUT2D eigenvalue weighted by Gasteiger charge is -2.32. The Morgan fingerprint density at radius 2 is 1.79 bits per heavy atom. The first kappa shape index (κ1) is 14.0. The highest BCUT2D eigenvalue weighted by Gasteiger charge is 2.49. The smallest absolute Gasteiger partial charge is 0.400 e. The molecule has 4 nitrogen and oxygen atoms in total. The van der Waals surface area contributed by atoms with Crippen LogP contribution in [0, 0.1) is 5.95 Å². The van der Waals surface area contributed by atoms with Gasteiger partial charge in [-0.15, -0.1) is 0 Å². The molecule has 19 heavy (non-hydrogen) atoms. The number of nitrogens with two attached hydrogens (primary N) is 1. The lowest BCUT2D eigenvalue weighted by atomic mass is 9.89. The number of halogens is 1. The van der Waals surface area contributed by atoms with Gasteiger partial charge in [-0.1, -0.05) is 5.98 Å².